The fourth-order valence-electron chi connectivity index (χ4n) is 1.61. The van der Waals surface area contributed by atoms with Gasteiger partial charge in [0.2, 0.25) is 0 Å². The van der Waals surface area contributed by atoms with Crippen LogP contribution in [0.15, 0.2) is 18.2 Å². The van der Waals surface area contributed by atoms with Crippen LogP contribution in [0.3, 0.4) is 0 Å². The highest BCUT2D eigenvalue weighted by Gasteiger charge is 2.14. The van der Waals surface area contributed by atoms with Crippen molar-refractivity contribution in [2.45, 2.75) is 26.0 Å². The Morgan fingerprint density at radius 2 is 1.90 bits per heavy atom. The third-order valence-corrected chi connectivity index (χ3v) is 3.29. The van der Waals surface area contributed by atoms with Crippen molar-refractivity contribution in [3.8, 4) is 5.75 Å². The number of aromatic hydroxyl groups is 1. The van der Waals surface area contributed by atoms with Crippen molar-refractivity contribution in [2.24, 2.45) is 0 Å². The van der Waals surface area contributed by atoms with E-state index in [4.69, 9.17) is 9.47 Å². The lowest BCUT2D eigenvalue weighted by Gasteiger charge is -2.10. The third kappa shape index (κ3) is 5.13. The number of phenols is 1. The van der Waals surface area contributed by atoms with Crippen LogP contribution in [0.25, 0.3) is 0 Å². The van der Waals surface area contributed by atoms with Gasteiger partial charge in [-0.1, -0.05) is 12.1 Å². The van der Waals surface area contributed by atoms with Gasteiger partial charge in [0.05, 0.1) is 19.6 Å². The smallest absolute Gasteiger partial charge is 0.367 e. The van der Waals surface area contributed by atoms with Crippen LogP contribution < -0.4 is 0 Å². The number of phenolic OH excluding ortho intramolecular Hbond substituents is 1. The van der Waals surface area contributed by atoms with Gasteiger partial charge in [-0.3, -0.25) is 4.79 Å². The Morgan fingerprint density at radius 1 is 1.20 bits per heavy atom. The molecule has 0 aliphatic heterocycles. The molecule has 0 radical (unpaired) electrons. The lowest BCUT2D eigenvalue weighted by molar-refractivity contribution is -0.142. The minimum atomic E-state index is -0.406. The molecule has 0 fully saturated rings. The van der Waals surface area contributed by atoms with Crippen LogP contribution in [0.2, 0.25) is 0 Å². The van der Waals surface area contributed by atoms with E-state index in [1.807, 2.05) is 0 Å². The highest BCUT2D eigenvalue weighted by molar-refractivity contribution is 8.12. The molecule has 20 heavy (non-hydrogen) atoms. The molecule has 110 valence electrons. The number of hydrogen-bond acceptors (Lipinski definition) is 6. The van der Waals surface area contributed by atoms with Gasteiger partial charge in [0.1, 0.15) is 5.75 Å². The molecule has 6 heteroatoms. The number of esters is 1. The van der Waals surface area contributed by atoms with Gasteiger partial charge in [-0.25, -0.2) is 4.79 Å². The normalized spacial score (nSPS) is 10.1. The number of benzene rings is 1. The molecule has 0 heterocycles. The van der Waals surface area contributed by atoms with Crippen molar-refractivity contribution in [3.05, 3.63) is 29.3 Å². The van der Waals surface area contributed by atoms with Crippen LogP contribution in [-0.4, -0.2) is 29.6 Å². The van der Waals surface area contributed by atoms with Crippen LogP contribution in [0, 0.1) is 0 Å². The topological polar surface area (TPSA) is 72.8 Å². The quantitative estimate of drug-likeness (QED) is 0.814. The van der Waals surface area contributed by atoms with Crippen LogP contribution in [0.1, 0.15) is 25.0 Å². The summed E-state index contributed by atoms with van der Waals surface area (Å²) >= 11 is 0.993. The van der Waals surface area contributed by atoms with E-state index in [-0.39, 0.29) is 17.5 Å². The van der Waals surface area contributed by atoms with Crippen molar-refractivity contribution in [3.63, 3.8) is 0 Å². The van der Waals surface area contributed by atoms with E-state index >= 15 is 0 Å². The average molecular weight is 298 g/mol. The number of thioether (sulfide) groups is 1. The van der Waals surface area contributed by atoms with E-state index in [9.17, 15) is 14.7 Å². The van der Waals surface area contributed by atoms with Crippen LogP contribution in [0.4, 0.5) is 4.79 Å². The van der Waals surface area contributed by atoms with E-state index in [1.165, 1.54) is 6.07 Å². The minimum Gasteiger partial charge on any atom is -0.508 e. The lowest BCUT2D eigenvalue weighted by atomic mass is 10.0. The summed E-state index contributed by atoms with van der Waals surface area (Å²) in [6, 6.07) is 4.94. The van der Waals surface area contributed by atoms with Crippen molar-refractivity contribution in [1.82, 2.24) is 0 Å². The van der Waals surface area contributed by atoms with Gasteiger partial charge in [0.25, 0.3) is 0 Å². The second-order valence-corrected chi connectivity index (χ2v) is 4.78. The third-order valence-electron chi connectivity index (χ3n) is 2.48. The molecule has 5 nitrogen and oxygen atoms in total. The van der Waals surface area contributed by atoms with E-state index < -0.39 is 5.97 Å². The summed E-state index contributed by atoms with van der Waals surface area (Å²) in [5, 5.41) is 9.47. The maximum atomic E-state index is 11.5. The highest BCUT2D eigenvalue weighted by atomic mass is 32.2. The Balaban J connectivity index is 2.77. The summed E-state index contributed by atoms with van der Waals surface area (Å²) in [6.45, 7) is 4.07. The van der Waals surface area contributed by atoms with Crippen molar-refractivity contribution < 1.29 is 24.2 Å². The number of hydrogen-bond donors (Lipinski definition) is 1. The largest absolute Gasteiger partial charge is 0.508 e. The summed E-state index contributed by atoms with van der Waals surface area (Å²) in [6.07, 6.45) is -0.0147. The molecule has 1 rings (SSSR count). The first-order valence-corrected chi connectivity index (χ1v) is 7.31. The zero-order valence-corrected chi connectivity index (χ0v) is 12.4. The van der Waals surface area contributed by atoms with Crippen LogP contribution in [0.5, 0.6) is 5.75 Å². The maximum Gasteiger partial charge on any atom is 0.367 e. The Bertz CT molecular complexity index is 473. The van der Waals surface area contributed by atoms with Crippen molar-refractivity contribution in [1.29, 1.82) is 0 Å². The van der Waals surface area contributed by atoms with E-state index in [2.05, 4.69) is 0 Å². The van der Waals surface area contributed by atoms with Gasteiger partial charge < -0.3 is 14.6 Å². The zero-order chi connectivity index (χ0) is 15.0. The molecule has 0 saturated heterocycles. The molecule has 0 bridgehead atoms. The fraction of sp³-hybridized carbons (Fsp3) is 0.429. The van der Waals surface area contributed by atoms with E-state index in [0.717, 1.165) is 17.3 Å². The highest BCUT2D eigenvalue weighted by Crippen LogP contribution is 2.26. The van der Waals surface area contributed by atoms with E-state index in [1.54, 1.807) is 26.0 Å². The molecule has 0 amide bonds. The van der Waals surface area contributed by atoms with Gasteiger partial charge in [0, 0.05) is 11.3 Å². The second kappa shape index (κ2) is 8.47. The van der Waals surface area contributed by atoms with Gasteiger partial charge in [-0.2, -0.15) is 0 Å². The molecule has 1 aromatic carbocycles. The molecule has 1 N–H and O–H groups in total. The van der Waals surface area contributed by atoms with Gasteiger partial charge in [-0.15, -0.1) is 0 Å². The molecule has 0 aromatic heterocycles. The van der Waals surface area contributed by atoms with Crippen LogP contribution >= 0.6 is 11.8 Å². The summed E-state index contributed by atoms with van der Waals surface area (Å²) in [7, 11) is 0. The first-order valence-electron chi connectivity index (χ1n) is 6.33. The van der Waals surface area contributed by atoms with Gasteiger partial charge >= 0.3 is 11.3 Å². The molecule has 0 saturated carbocycles. The van der Waals surface area contributed by atoms with E-state index in [0.29, 0.717) is 24.5 Å². The summed E-state index contributed by atoms with van der Waals surface area (Å²) < 4.78 is 9.69. The van der Waals surface area contributed by atoms with Gasteiger partial charge in [-0.05, 0) is 37.2 Å². The Morgan fingerprint density at radius 3 is 2.55 bits per heavy atom. The number of carbonyl (C=O) groups excluding carboxylic acids is 2. The summed E-state index contributed by atoms with van der Waals surface area (Å²) in [5.41, 5.74) is 1.21. The van der Waals surface area contributed by atoms with Crippen LogP contribution in [-0.2, 0) is 26.4 Å². The minimum absolute atomic E-state index is 0.0147. The first kappa shape index (κ1) is 16.4. The lowest BCUT2D eigenvalue weighted by Crippen LogP contribution is -2.09. The number of ether oxygens (including phenoxy) is 2. The molecule has 0 spiro atoms. The monoisotopic (exact) mass is 298 g/mol. The molecular formula is C14H18O5S. The Hall–Kier alpha value is -1.69. The Kier molecular flexibility index (Phi) is 6.93. The molecule has 0 aliphatic carbocycles. The predicted molar refractivity (Wildman–Crippen MR) is 76.8 cm³/mol. The molecule has 0 aliphatic rings. The van der Waals surface area contributed by atoms with Crippen molar-refractivity contribution in [2.75, 3.05) is 13.2 Å². The first-order chi connectivity index (χ1) is 9.58. The number of rotatable bonds is 6. The second-order valence-electron chi connectivity index (χ2n) is 3.87. The zero-order valence-electron chi connectivity index (χ0n) is 11.5. The predicted octanol–water partition coefficient (Wildman–Crippen LogP) is 2.89. The molecular weight excluding hydrogens is 280 g/mol. The summed E-state index contributed by atoms with van der Waals surface area (Å²) in [4.78, 5) is 22.8. The van der Waals surface area contributed by atoms with Gasteiger partial charge in [0.15, 0.2) is 0 Å². The standard InChI is InChI=1S/C14H18O5S/c1-3-18-13(16)8-11-10(6-5-7-12(11)15)9-20-14(17)19-4-2/h5-7,15H,3-4,8-9H2,1-2H3. The SMILES string of the molecule is CCOC(=O)Cc1c(O)cccc1CSC(=O)OCC. The molecule has 0 atom stereocenters. The molecule has 0 unspecified atom stereocenters. The maximum absolute atomic E-state index is 11.5. The Labute approximate surface area is 122 Å². The fourth-order valence-corrected chi connectivity index (χ4v) is 2.36. The number of carbonyl (C=O) groups is 2. The average Bonchev–Trinajstić information content (AvgIpc) is 2.40. The summed E-state index contributed by atoms with van der Waals surface area (Å²) in [5.74, 6) is -0.0430. The van der Waals surface area contributed by atoms with Crippen molar-refractivity contribution >= 4 is 23.0 Å². The molecule has 1 aromatic rings.